The van der Waals surface area contributed by atoms with Crippen molar-refractivity contribution in [1.82, 2.24) is 0 Å². The Bertz CT molecular complexity index is 2000. The number of rotatable bonds is 84. The van der Waals surface area contributed by atoms with Crippen LogP contribution in [0.2, 0.25) is 0 Å². The molecule has 0 radical (unpaired) electrons. The van der Waals surface area contributed by atoms with Gasteiger partial charge in [-0.15, -0.1) is 0 Å². The zero-order valence-electron chi connectivity index (χ0n) is 68.3. The molecule has 0 aromatic carbocycles. The van der Waals surface area contributed by atoms with Crippen molar-refractivity contribution in [2.75, 3.05) is 39.6 Å². The highest BCUT2D eigenvalue weighted by Gasteiger charge is 2.30. The molecular weight excluding hydrogens is 1350 g/mol. The molecule has 0 heterocycles. The molecule has 0 spiro atoms. The smallest absolute Gasteiger partial charge is 0.462 e. The van der Waals surface area contributed by atoms with Crippen LogP contribution in [-0.4, -0.2) is 96.7 Å². The molecule has 0 aliphatic heterocycles. The molecule has 0 amide bonds. The van der Waals surface area contributed by atoms with Gasteiger partial charge < -0.3 is 33.8 Å². The molecule has 0 saturated heterocycles. The molecule has 0 saturated carbocycles. The SMILES string of the molecule is CCCCCCCCCCCCCCCCCCCC(=O)OC[C@H](COP(=O)(O)OC[C@@H](O)COP(=O)(O)OC[C@@H](COC(=O)CCCCCCCCC(C)C)OC(=O)CCCCCCCCCCCCCCCCCC)OC(=O)CCCCCCCCCCCCCCCCCCCCC(C)CC. The lowest BCUT2D eigenvalue weighted by Gasteiger charge is -2.21. The van der Waals surface area contributed by atoms with Gasteiger partial charge in [0.15, 0.2) is 12.2 Å². The Labute approximate surface area is 638 Å². The number of aliphatic hydroxyl groups is 1. The molecule has 104 heavy (non-hydrogen) atoms. The van der Waals surface area contributed by atoms with E-state index in [0.717, 1.165) is 102 Å². The van der Waals surface area contributed by atoms with Crippen LogP contribution in [0.5, 0.6) is 0 Å². The number of hydrogen-bond donors (Lipinski definition) is 3. The van der Waals surface area contributed by atoms with E-state index in [0.29, 0.717) is 31.6 Å². The van der Waals surface area contributed by atoms with Crippen LogP contribution in [0.25, 0.3) is 0 Å². The number of unbranched alkanes of at least 4 members (excludes halogenated alkanes) is 53. The predicted molar refractivity (Wildman–Crippen MR) is 428 cm³/mol. The van der Waals surface area contributed by atoms with Crippen LogP contribution in [0.15, 0.2) is 0 Å². The van der Waals surface area contributed by atoms with E-state index in [1.165, 1.54) is 263 Å². The second kappa shape index (κ2) is 76.4. The molecular formula is C85H166O17P2. The molecule has 0 bridgehead atoms. The van der Waals surface area contributed by atoms with Crippen LogP contribution in [0.1, 0.15) is 452 Å². The Morgan fingerprint density at radius 1 is 0.279 bits per heavy atom. The molecule has 0 rings (SSSR count). The van der Waals surface area contributed by atoms with Gasteiger partial charge in [0.05, 0.1) is 26.4 Å². The predicted octanol–water partition coefficient (Wildman–Crippen LogP) is 25.8. The van der Waals surface area contributed by atoms with E-state index < -0.39 is 97.5 Å². The van der Waals surface area contributed by atoms with E-state index in [9.17, 15) is 43.2 Å². The molecule has 0 aliphatic carbocycles. The maximum absolute atomic E-state index is 13.1. The van der Waals surface area contributed by atoms with Crippen molar-refractivity contribution in [2.24, 2.45) is 11.8 Å². The lowest BCUT2D eigenvalue weighted by molar-refractivity contribution is -0.161. The van der Waals surface area contributed by atoms with Crippen LogP contribution < -0.4 is 0 Å². The topological polar surface area (TPSA) is 237 Å². The van der Waals surface area contributed by atoms with E-state index in [1.807, 2.05) is 0 Å². The summed E-state index contributed by atoms with van der Waals surface area (Å²) in [7, 11) is -9.92. The highest BCUT2D eigenvalue weighted by molar-refractivity contribution is 7.47. The number of carbonyl (C=O) groups excluding carboxylic acids is 4. The molecule has 3 unspecified atom stereocenters. The minimum atomic E-state index is -4.96. The van der Waals surface area contributed by atoms with E-state index in [4.69, 9.17) is 37.0 Å². The first-order valence-electron chi connectivity index (χ1n) is 44.0. The molecule has 0 aliphatic rings. The fourth-order valence-corrected chi connectivity index (χ4v) is 14.8. The highest BCUT2D eigenvalue weighted by Crippen LogP contribution is 2.45. The van der Waals surface area contributed by atoms with Gasteiger partial charge in [-0.1, -0.05) is 401 Å². The minimum Gasteiger partial charge on any atom is -0.462 e. The third-order valence-corrected chi connectivity index (χ3v) is 22.2. The first-order chi connectivity index (χ1) is 50.4. The molecule has 6 atom stereocenters. The van der Waals surface area contributed by atoms with Crippen molar-refractivity contribution in [3.05, 3.63) is 0 Å². The molecule has 618 valence electrons. The van der Waals surface area contributed by atoms with Gasteiger partial charge in [0, 0.05) is 25.7 Å². The zero-order chi connectivity index (χ0) is 76.4. The van der Waals surface area contributed by atoms with Crippen LogP contribution in [0.3, 0.4) is 0 Å². The Kier molecular flexibility index (Phi) is 75.0. The van der Waals surface area contributed by atoms with Gasteiger partial charge >= 0.3 is 39.5 Å². The summed E-state index contributed by atoms with van der Waals surface area (Å²) in [6.45, 7) is 9.65. The summed E-state index contributed by atoms with van der Waals surface area (Å²) < 4.78 is 68.8. The minimum absolute atomic E-state index is 0.108. The second-order valence-electron chi connectivity index (χ2n) is 31.3. The number of carbonyl (C=O) groups is 4. The third-order valence-electron chi connectivity index (χ3n) is 20.3. The quantitative estimate of drug-likeness (QED) is 0.0222. The zero-order valence-corrected chi connectivity index (χ0v) is 70.1. The maximum Gasteiger partial charge on any atom is 0.472 e. The molecule has 0 aromatic rings. The summed E-state index contributed by atoms with van der Waals surface area (Å²) in [5.41, 5.74) is 0. The van der Waals surface area contributed by atoms with Gasteiger partial charge in [-0.25, -0.2) is 9.13 Å². The summed E-state index contributed by atoms with van der Waals surface area (Å²) in [5.74, 6) is -0.554. The van der Waals surface area contributed by atoms with Crippen molar-refractivity contribution in [3.8, 4) is 0 Å². The summed E-state index contributed by atoms with van der Waals surface area (Å²) in [6, 6.07) is 0. The summed E-state index contributed by atoms with van der Waals surface area (Å²) in [5, 5.41) is 10.7. The van der Waals surface area contributed by atoms with Gasteiger partial charge in [0.25, 0.3) is 0 Å². The second-order valence-corrected chi connectivity index (χ2v) is 34.2. The fourth-order valence-electron chi connectivity index (χ4n) is 13.2. The molecule has 3 N–H and O–H groups in total. The molecule has 19 heteroatoms. The van der Waals surface area contributed by atoms with E-state index in [1.54, 1.807) is 0 Å². The van der Waals surface area contributed by atoms with Crippen molar-refractivity contribution in [3.63, 3.8) is 0 Å². The van der Waals surface area contributed by atoms with E-state index >= 15 is 0 Å². The number of phosphoric ester groups is 2. The Morgan fingerprint density at radius 2 is 0.490 bits per heavy atom. The number of phosphoric acid groups is 2. The first-order valence-corrected chi connectivity index (χ1v) is 47.0. The van der Waals surface area contributed by atoms with E-state index in [2.05, 4.69) is 41.5 Å². The number of hydrogen-bond acceptors (Lipinski definition) is 15. The number of ether oxygens (including phenoxy) is 4. The van der Waals surface area contributed by atoms with Gasteiger partial charge in [-0.3, -0.25) is 37.3 Å². The highest BCUT2D eigenvalue weighted by atomic mass is 31.2. The standard InChI is InChI=1S/C85H166O17P2/c1-7-10-12-14-16-18-20-22-24-28-33-36-40-44-48-55-61-67-82(87)95-73-80(101-84(89)69-64-58-50-46-42-38-34-30-27-26-29-31-35-39-43-47-54-60-66-78(6)9-3)75-99-103(91,92)97-71-79(86)72-98-104(93,94)100-76-81(74-96-83(88)68-62-56-52-51-53-59-65-77(4)5)102-85(90)70-63-57-49-45-41-37-32-25-23-21-19-17-15-13-11-8-2/h77-81,86H,7-76H2,1-6H3,(H,91,92)(H,93,94)/t78?,79-,80-,81-/m1/s1. The number of aliphatic hydroxyl groups excluding tert-OH is 1. The monoisotopic (exact) mass is 1520 g/mol. The van der Waals surface area contributed by atoms with Crippen LogP contribution >= 0.6 is 15.6 Å². The average Bonchev–Trinajstić information content (AvgIpc) is 2.21. The third kappa shape index (κ3) is 76.8. The number of esters is 4. The summed E-state index contributed by atoms with van der Waals surface area (Å²) in [4.78, 5) is 73.1. The molecule has 0 aromatic heterocycles. The maximum atomic E-state index is 13.1. The van der Waals surface area contributed by atoms with Crippen molar-refractivity contribution in [1.29, 1.82) is 0 Å². The largest absolute Gasteiger partial charge is 0.472 e. The molecule has 17 nitrogen and oxygen atoms in total. The first kappa shape index (κ1) is 102. The Morgan fingerprint density at radius 3 is 0.731 bits per heavy atom. The van der Waals surface area contributed by atoms with Crippen LogP contribution in [0.4, 0.5) is 0 Å². The lowest BCUT2D eigenvalue weighted by Crippen LogP contribution is -2.30. The van der Waals surface area contributed by atoms with Crippen LogP contribution in [0, 0.1) is 11.8 Å². The fraction of sp³-hybridized carbons (Fsp3) is 0.953. The summed E-state index contributed by atoms with van der Waals surface area (Å²) in [6.07, 6.45) is 68.2. The van der Waals surface area contributed by atoms with Crippen LogP contribution in [-0.2, 0) is 65.4 Å². The Balaban J connectivity index is 5.20. The van der Waals surface area contributed by atoms with Gasteiger partial charge in [-0.05, 0) is 37.5 Å². The summed E-state index contributed by atoms with van der Waals surface area (Å²) >= 11 is 0. The normalized spacial score (nSPS) is 14.1. The van der Waals surface area contributed by atoms with E-state index in [-0.39, 0.29) is 25.7 Å². The van der Waals surface area contributed by atoms with Gasteiger partial charge in [0.1, 0.15) is 19.3 Å². The molecule has 0 fully saturated rings. The lowest BCUT2D eigenvalue weighted by atomic mass is 9.99. The van der Waals surface area contributed by atoms with Gasteiger partial charge in [-0.2, -0.15) is 0 Å². The van der Waals surface area contributed by atoms with Crippen molar-refractivity contribution >= 4 is 39.5 Å². The van der Waals surface area contributed by atoms with Crippen molar-refractivity contribution < 1.29 is 80.2 Å². The van der Waals surface area contributed by atoms with Gasteiger partial charge in [0.2, 0.25) is 0 Å². The average molecular weight is 1520 g/mol. The van der Waals surface area contributed by atoms with Crippen molar-refractivity contribution in [2.45, 2.75) is 471 Å². The Hall–Kier alpha value is -1.94.